The number of carbonyl (C=O) groups is 1. The third-order valence-corrected chi connectivity index (χ3v) is 6.47. The van der Waals surface area contributed by atoms with Gasteiger partial charge in [0.2, 0.25) is 5.91 Å². The highest BCUT2D eigenvalue weighted by Gasteiger charge is 2.42. The number of rotatable bonds is 2. The first-order chi connectivity index (χ1) is 12.1. The molecule has 6 heteroatoms. The van der Waals surface area contributed by atoms with Crippen molar-refractivity contribution in [2.45, 2.75) is 31.8 Å². The Labute approximate surface area is 151 Å². The number of likely N-dealkylation sites (tertiary alicyclic amines) is 1. The van der Waals surface area contributed by atoms with Crippen molar-refractivity contribution < 1.29 is 14.3 Å². The van der Waals surface area contributed by atoms with Crippen LogP contribution in [-0.4, -0.2) is 42.6 Å². The van der Waals surface area contributed by atoms with Crippen molar-refractivity contribution >= 4 is 17.2 Å². The molecule has 2 aliphatic rings. The van der Waals surface area contributed by atoms with E-state index in [1.165, 1.54) is 15.3 Å². The zero-order chi connectivity index (χ0) is 17.4. The Kier molecular flexibility index (Phi) is 4.25. The maximum atomic E-state index is 11.6. The molecule has 1 amide bonds. The number of hydrogen-bond acceptors (Lipinski definition) is 5. The maximum Gasteiger partial charge on any atom is 0.219 e. The third kappa shape index (κ3) is 2.93. The molecule has 4 heterocycles. The molecule has 4 rings (SSSR count). The van der Waals surface area contributed by atoms with Crippen molar-refractivity contribution in [3.05, 3.63) is 34.8 Å². The van der Waals surface area contributed by atoms with Gasteiger partial charge in [0.05, 0.1) is 36.1 Å². The molecule has 0 atom stereocenters. The zero-order valence-corrected chi connectivity index (χ0v) is 15.4. The predicted octanol–water partition coefficient (Wildman–Crippen LogP) is 3.23. The molecule has 0 unspecified atom stereocenters. The van der Waals surface area contributed by atoms with Crippen LogP contribution in [0.3, 0.4) is 0 Å². The molecule has 0 N–H and O–H groups in total. The second-order valence-corrected chi connectivity index (χ2v) is 7.77. The summed E-state index contributed by atoms with van der Waals surface area (Å²) in [7, 11) is 1.65. The number of nitrogens with zero attached hydrogens (tertiary/aromatic N) is 2. The standard InChI is InChI=1S/C19H22N2O3S/c1-13(22)21-8-6-19(7-9-21)15-11-18(25-17(15)5-10-24-19)16-4-3-14(23-2)12-20-16/h3-4,11-12H,5-10H2,1-2H3. The van der Waals surface area contributed by atoms with E-state index in [4.69, 9.17) is 9.47 Å². The van der Waals surface area contributed by atoms with E-state index in [9.17, 15) is 4.79 Å². The average molecular weight is 358 g/mol. The monoisotopic (exact) mass is 358 g/mol. The number of hydrogen-bond donors (Lipinski definition) is 0. The normalized spacial score (nSPS) is 18.9. The van der Waals surface area contributed by atoms with E-state index in [1.54, 1.807) is 20.2 Å². The number of aromatic nitrogens is 1. The third-order valence-electron chi connectivity index (χ3n) is 5.25. The Bertz CT molecular complexity index is 776. The molecule has 0 radical (unpaired) electrons. The maximum absolute atomic E-state index is 11.6. The molecule has 2 aromatic rings. The Morgan fingerprint density at radius 2 is 2.16 bits per heavy atom. The summed E-state index contributed by atoms with van der Waals surface area (Å²) < 4.78 is 11.5. The minimum Gasteiger partial charge on any atom is -0.495 e. The van der Waals surface area contributed by atoms with Gasteiger partial charge in [-0.15, -0.1) is 11.3 Å². The Hall–Kier alpha value is -1.92. The van der Waals surface area contributed by atoms with Crippen LogP contribution in [-0.2, 0) is 21.6 Å². The fraction of sp³-hybridized carbons (Fsp3) is 0.474. The second kappa shape index (κ2) is 6.42. The largest absolute Gasteiger partial charge is 0.495 e. The van der Waals surface area contributed by atoms with Crippen molar-refractivity contribution in [2.24, 2.45) is 0 Å². The molecule has 0 aromatic carbocycles. The summed E-state index contributed by atoms with van der Waals surface area (Å²) in [6.45, 7) is 3.92. The van der Waals surface area contributed by atoms with Crippen LogP contribution in [0.5, 0.6) is 5.75 Å². The van der Waals surface area contributed by atoms with E-state index in [0.29, 0.717) is 0 Å². The van der Waals surface area contributed by atoms with Gasteiger partial charge in [-0.25, -0.2) is 0 Å². The minimum absolute atomic E-state index is 0.152. The molecule has 132 valence electrons. The molecule has 2 aromatic heterocycles. The van der Waals surface area contributed by atoms with Gasteiger partial charge in [-0.1, -0.05) is 0 Å². The summed E-state index contributed by atoms with van der Waals surface area (Å²) in [5.41, 5.74) is 2.04. The number of ether oxygens (including phenoxy) is 2. The van der Waals surface area contributed by atoms with Gasteiger partial charge in [-0.05, 0) is 36.6 Å². The van der Waals surface area contributed by atoms with Crippen LogP contribution in [0.2, 0.25) is 0 Å². The minimum atomic E-state index is -0.235. The van der Waals surface area contributed by atoms with E-state index in [-0.39, 0.29) is 11.5 Å². The average Bonchev–Trinajstić information content (AvgIpc) is 3.08. The molecule has 1 saturated heterocycles. The van der Waals surface area contributed by atoms with Crippen LogP contribution >= 0.6 is 11.3 Å². The summed E-state index contributed by atoms with van der Waals surface area (Å²) in [4.78, 5) is 20.6. The summed E-state index contributed by atoms with van der Waals surface area (Å²) in [6, 6.07) is 6.19. The molecule has 1 fully saturated rings. The zero-order valence-electron chi connectivity index (χ0n) is 14.6. The Morgan fingerprint density at radius 1 is 1.36 bits per heavy atom. The van der Waals surface area contributed by atoms with E-state index in [1.807, 2.05) is 28.4 Å². The first-order valence-electron chi connectivity index (χ1n) is 8.64. The smallest absolute Gasteiger partial charge is 0.219 e. The first kappa shape index (κ1) is 16.5. The lowest BCUT2D eigenvalue weighted by Crippen LogP contribution is -2.47. The highest BCUT2D eigenvalue weighted by Crippen LogP contribution is 2.46. The van der Waals surface area contributed by atoms with Crippen molar-refractivity contribution in [3.63, 3.8) is 0 Å². The number of methoxy groups -OCH3 is 1. The molecular weight excluding hydrogens is 336 g/mol. The fourth-order valence-electron chi connectivity index (χ4n) is 3.79. The van der Waals surface area contributed by atoms with Crippen LogP contribution < -0.4 is 4.74 Å². The van der Waals surface area contributed by atoms with Crippen LogP contribution in [0.25, 0.3) is 10.6 Å². The van der Waals surface area contributed by atoms with Gasteiger partial charge in [0.25, 0.3) is 0 Å². The topological polar surface area (TPSA) is 51.7 Å². The van der Waals surface area contributed by atoms with Crippen LogP contribution in [0.1, 0.15) is 30.2 Å². The number of piperidine rings is 1. The van der Waals surface area contributed by atoms with Crippen molar-refractivity contribution in [2.75, 3.05) is 26.8 Å². The Balaban J connectivity index is 1.64. The van der Waals surface area contributed by atoms with Crippen LogP contribution in [0.4, 0.5) is 0 Å². The van der Waals surface area contributed by atoms with Gasteiger partial charge in [-0.2, -0.15) is 0 Å². The quantitative estimate of drug-likeness (QED) is 0.827. The van der Waals surface area contributed by atoms with Gasteiger partial charge in [0.15, 0.2) is 0 Å². The lowest BCUT2D eigenvalue weighted by molar-refractivity contribution is -0.138. The molecule has 0 bridgehead atoms. The first-order valence-corrected chi connectivity index (χ1v) is 9.46. The van der Waals surface area contributed by atoms with E-state index >= 15 is 0 Å². The summed E-state index contributed by atoms with van der Waals surface area (Å²) in [5, 5.41) is 0. The van der Waals surface area contributed by atoms with Gasteiger partial charge in [0, 0.05) is 31.3 Å². The predicted molar refractivity (Wildman–Crippen MR) is 96.9 cm³/mol. The number of fused-ring (bicyclic) bond motifs is 2. The molecule has 5 nitrogen and oxygen atoms in total. The van der Waals surface area contributed by atoms with Crippen LogP contribution in [0, 0.1) is 0 Å². The SMILES string of the molecule is COc1ccc(-c2cc3c(s2)CCOC32CCN(C(C)=O)CC2)nc1. The van der Waals surface area contributed by atoms with Gasteiger partial charge in [-0.3, -0.25) is 9.78 Å². The molecular formula is C19H22N2O3S. The number of thiophene rings is 1. The molecule has 1 spiro atoms. The highest BCUT2D eigenvalue weighted by atomic mass is 32.1. The van der Waals surface area contributed by atoms with E-state index in [0.717, 1.165) is 50.4 Å². The fourth-order valence-corrected chi connectivity index (χ4v) is 4.99. The summed E-state index contributed by atoms with van der Waals surface area (Å²) in [5.74, 6) is 0.917. The number of carbonyl (C=O) groups excluding carboxylic acids is 1. The van der Waals surface area contributed by atoms with Gasteiger partial charge >= 0.3 is 0 Å². The van der Waals surface area contributed by atoms with Crippen molar-refractivity contribution in [1.82, 2.24) is 9.88 Å². The highest BCUT2D eigenvalue weighted by molar-refractivity contribution is 7.15. The van der Waals surface area contributed by atoms with E-state index < -0.39 is 0 Å². The van der Waals surface area contributed by atoms with Crippen molar-refractivity contribution in [1.29, 1.82) is 0 Å². The lowest BCUT2D eigenvalue weighted by atomic mass is 9.82. The number of pyridine rings is 1. The Morgan fingerprint density at radius 3 is 2.80 bits per heavy atom. The molecule has 0 aliphatic carbocycles. The molecule has 0 saturated carbocycles. The molecule has 2 aliphatic heterocycles. The second-order valence-electron chi connectivity index (χ2n) is 6.63. The molecule has 25 heavy (non-hydrogen) atoms. The summed E-state index contributed by atoms with van der Waals surface area (Å²) in [6.07, 6.45) is 4.44. The van der Waals surface area contributed by atoms with Crippen LogP contribution in [0.15, 0.2) is 24.4 Å². The van der Waals surface area contributed by atoms with Gasteiger partial charge < -0.3 is 14.4 Å². The number of amides is 1. The van der Waals surface area contributed by atoms with Crippen molar-refractivity contribution in [3.8, 4) is 16.3 Å². The van der Waals surface area contributed by atoms with E-state index in [2.05, 4.69) is 11.1 Å². The summed E-state index contributed by atoms with van der Waals surface area (Å²) >= 11 is 1.81. The lowest BCUT2D eigenvalue weighted by Gasteiger charge is -2.43. The van der Waals surface area contributed by atoms with Gasteiger partial charge in [0.1, 0.15) is 5.75 Å².